The van der Waals surface area contributed by atoms with Crippen LogP contribution < -0.4 is 10.1 Å². The van der Waals surface area contributed by atoms with Crippen LogP contribution in [0.1, 0.15) is 39.2 Å². The molecule has 1 N–H and O–H groups in total. The summed E-state index contributed by atoms with van der Waals surface area (Å²) in [5.74, 6) is 2.02. The molecule has 1 aliphatic rings. The normalized spacial score (nSPS) is 17.7. The second-order valence-electron chi connectivity index (χ2n) is 4.99. The third-order valence-corrected chi connectivity index (χ3v) is 2.90. The molecule has 1 aromatic rings. The van der Waals surface area contributed by atoms with Crippen LogP contribution in [0, 0.1) is 0 Å². The van der Waals surface area contributed by atoms with Gasteiger partial charge in [-0.3, -0.25) is 0 Å². The van der Waals surface area contributed by atoms with E-state index in [0.717, 1.165) is 17.3 Å². The highest BCUT2D eigenvalue weighted by Crippen LogP contribution is 2.36. The molecule has 2 rings (SSSR count). The Hall–Kier alpha value is -1.51. The lowest BCUT2D eigenvalue weighted by Crippen LogP contribution is -2.37. The Balaban J connectivity index is 2.42. The molecule has 0 saturated carbocycles. The van der Waals surface area contributed by atoms with Gasteiger partial charge in [-0.1, -0.05) is 20.4 Å². The first-order chi connectivity index (χ1) is 7.40. The molecule has 86 valence electrons. The van der Waals surface area contributed by atoms with E-state index >= 15 is 0 Å². The Morgan fingerprint density at radius 2 is 2.12 bits per heavy atom. The SMILES string of the molecule is C=C1Nc2ncc(C(C)C)cc2OC1(C)C. The van der Waals surface area contributed by atoms with Crippen molar-refractivity contribution in [1.82, 2.24) is 4.98 Å². The van der Waals surface area contributed by atoms with Crippen LogP contribution in [-0.2, 0) is 0 Å². The van der Waals surface area contributed by atoms with Gasteiger partial charge in [-0.25, -0.2) is 4.98 Å². The monoisotopic (exact) mass is 218 g/mol. The molecule has 0 aliphatic carbocycles. The van der Waals surface area contributed by atoms with Gasteiger partial charge in [-0.2, -0.15) is 0 Å². The summed E-state index contributed by atoms with van der Waals surface area (Å²) in [6, 6.07) is 2.05. The predicted molar refractivity (Wildman–Crippen MR) is 65.8 cm³/mol. The van der Waals surface area contributed by atoms with E-state index in [1.165, 1.54) is 5.56 Å². The fraction of sp³-hybridized carbons (Fsp3) is 0.462. The lowest BCUT2D eigenvalue weighted by atomic mass is 10.0. The van der Waals surface area contributed by atoms with Gasteiger partial charge < -0.3 is 10.1 Å². The van der Waals surface area contributed by atoms with Crippen molar-refractivity contribution in [2.45, 2.75) is 39.2 Å². The Morgan fingerprint density at radius 1 is 1.44 bits per heavy atom. The van der Waals surface area contributed by atoms with Crippen molar-refractivity contribution in [2.75, 3.05) is 5.32 Å². The quantitative estimate of drug-likeness (QED) is 0.785. The summed E-state index contributed by atoms with van der Waals surface area (Å²) in [5, 5.41) is 3.19. The van der Waals surface area contributed by atoms with Gasteiger partial charge in [-0.05, 0) is 31.4 Å². The summed E-state index contributed by atoms with van der Waals surface area (Å²) in [6.07, 6.45) is 1.88. The molecule has 0 saturated heterocycles. The van der Waals surface area contributed by atoms with E-state index in [-0.39, 0.29) is 5.60 Å². The number of pyridine rings is 1. The predicted octanol–water partition coefficient (Wildman–Crippen LogP) is 3.30. The summed E-state index contributed by atoms with van der Waals surface area (Å²) in [6.45, 7) is 12.2. The zero-order chi connectivity index (χ0) is 11.9. The lowest BCUT2D eigenvalue weighted by Gasteiger charge is -2.34. The molecule has 16 heavy (non-hydrogen) atoms. The van der Waals surface area contributed by atoms with E-state index in [1.807, 2.05) is 26.1 Å². The molecular formula is C13H18N2O. The minimum absolute atomic E-state index is 0.385. The molecule has 3 nitrogen and oxygen atoms in total. The number of ether oxygens (including phenoxy) is 1. The van der Waals surface area contributed by atoms with Crippen LogP contribution in [0.2, 0.25) is 0 Å². The van der Waals surface area contributed by atoms with Gasteiger partial charge in [-0.15, -0.1) is 0 Å². The molecule has 0 amide bonds. The van der Waals surface area contributed by atoms with Crippen molar-refractivity contribution in [1.29, 1.82) is 0 Å². The van der Waals surface area contributed by atoms with E-state index in [2.05, 4.69) is 30.7 Å². The molecular weight excluding hydrogens is 200 g/mol. The molecule has 3 heteroatoms. The van der Waals surface area contributed by atoms with Gasteiger partial charge in [0.15, 0.2) is 11.6 Å². The number of anilines is 1. The number of fused-ring (bicyclic) bond motifs is 1. The molecule has 0 radical (unpaired) electrons. The highest BCUT2D eigenvalue weighted by atomic mass is 16.5. The second kappa shape index (κ2) is 3.51. The van der Waals surface area contributed by atoms with Gasteiger partial charge in [0.1, 0.15) is 5.60 Å². The maximum atomic E-state index is 5.90. The van der Waals surface area contributed by atoms with Crippen LogP contribution >= 0.6 is 0 Å². The highest BCUT2D eigenvalue weighted by molar-refractivity contribution is 5.58. The highest BCUT2D eigenvalue weighted by Gasteiger charge is 2.31. The number of rotatable bonds is 1. The van der Waals surface area contributed by atoms with Gasteiger partial charge in [0.2, 0.25) is 0 Å². The second-order valence-corrected chi connectivity index (χ2v) is 4.99. The number of nitrogens with zero attached hydrogens (tertiary/aromatic N) is 1. The molecule has 0 bridgehead atoms. The standard InChI is InChI=1S/C13H18N2O/c1-8(2)10-6-11-12(14-7-10)15-9(3)13(4,5)16-11/h6-8H,3H2,1-2,4-5H3,(H,14,15). The molecule has 0 atom stereocenters. The van der Waals surface area contributed by atoms with Crippen molar-refractivity contribution < 1.29 is 4.74 Å². The summed E-state index contributed by atoms with van der Waals surface area (Å²) >= 11 is 0. The van der Waals surface area contributed by atoms with E-state index in [9.17, 15) is 0 Å². The van der Waals surface area contributed by atoms with E-state index < -0.39 is 0 Å². The van der Waals surface area contributed by atoms with Crippen LogP contribution in [0.4, 0.5) is 5.82 Å². The van der Waals surface area contributed by atoms with Crippen LogP contribution in [-0.4, -0.2) is 10.6 Å². The number of nitrogens with one attached hydrogen (secondary N) is 1. The summed E-state index contributed by atoms with van der Waals surface area (Å²) in [4.78, 5) is 4.36. The molecule has 0 aromatic carbocycles. The maximum absolute atomic E-state index is 5.90. The van der Waals surface area contributed by atoms with Crippen molar-refractivity contribution in [2.24, 2.45) is 0 Å². The Labute approximate surface area is 96.5 Å². The summed E-state index contributed by atoms with van der Waals surface area (Å²) in [7, 11) is 0. The molecule has 0 fully saturated rings. The minimum Gasteiger partial charge on any atom is -0.478 e. The zero-order valence-electron chi connectivity index (χ0n) is 10.3. The first-order valence-electron chi connectivity index (χ1n) is 5.55. The van der Waals surface area contributed by atoms with E-state index in [0.29, 0.717) is 5.92 Å². The lowest BCUT2D eigenvalue weighted by molar-refractivity contribution is 0.143. The third kappa shape index (κ3) is 1.77. The van der Waals surface area contributed by atoms with Gasteiger partial charge in [0.05, 0.1) is 5.70 Å². The van der Waals surface area contributed by atoms with Crippen LogP contribution in [0.5, 0.6) is 5.75 Å². The molecule has 2 heterocycles. The van der Waals surface area contributed by atoms with Crippen molar-refractivity contribution in [3.8, 4) is 5.75 Å². The number of aromatic nitrogens is 1. The van der Waals surface area contributed by atoms with E-state index in [1.54, 1.807) is 0 Å². The first kappa shape index (κ1) is 11.0. The Bertz CT molecular complexity index is 436. The Morgan fingerprint density at radius 3 is 2.75 bits per heavy atom. The average Bonchev–Trinajstić information content (AvgIpc) is 2.18. The average molecular weight is 218 g/mol. The number of hydrogen-bond donors (Lipinski definition) is 1. The third-order valence-electron chi connectivity index (χ3n) is 2.90. The van der Waals surface area contributed by atoms with Crippen molar-refractivity contribution in [3.05, 3.63) is 30.1 Å². The summed E-state index contributed by atoms with van der Waals surface area (Å²) in [5.41, 5.74) is 1.64. The molecule has 0 spiro atoms. The largest absolute Gasteiger partial charge is 0.478 e. The zero-order valence-corrected chi connectivity index (χ0v) is 10.3. The van der Waals surface area contributed by atoms with Crippen LogP contribution in [0.3, 0.4) is 0 Å². The van der Waals surface area contributed by atoms with Crippen molar-refractivity contribution in [3.63, 3.8) is 0 Å². The molecule has 1 aliphatic heterocycles. The van der Waals surface area contributed by atoms with Gasteiger partial charge in [0.25, 0.3) is 0 Å². The molecule has 0 unspecified atom stereocenters. The minimum atomic E-state index is -0.385. The summed E-state index contributed by atoms with van der Waals surface area (Å²) < 4.78 is 5.90. The van der Waals surface area contributed by atoms with Crippen molar-refractivity contribution >= 4 is 5.82 Å². The van der Waals surface area contributed by atoms with Crippen LogP contribution in [0.15, 0.2) is 24.5 Å². The smallest absolute Gasteiger partial charge is 0.173 e. The Kier molecular flexibility index (Phi) is 2.41. The number of hydrogen-bond acceptors (Lipinski definition) is 3. The fourth-order valence-corrected chi connectivity index (χ4v) is 1.58. The topological polar surface area (TPSA) is 34.2 Å². The fourth-order valence-electron chi connectivity index (χ4n) is 1.58. The van der Waals surface area contributed by atoms with Crippen LogP contribution in [0.25, 0.3) is 0 Å². The maximum Gasteiger partial charge on any atom is 0.173 e. The van der Waals surface area contributed by atoms with Gasteiger partial charge in [0, 0.05) is 6.20 Å². The first-order valence-corrected chi connectivity index (χ1v) is 5.55. The molecule has 1 aromatic heterocycles. The van der Waals surface area contributed by atoms with E-state index in [4.69, 9.17) is 4.74 Å². The van der Waals surface area contributed by atoms with Gasteiger partial charge >= 0.3 is 0 Å².